The monoisotopic (exact) mass is 184 g/mol. The van der Waals surface area contributed by atoms with E-state index >= 15 is 0 Å². The van der Waals surface area contributed by atoms with Gasteiger partial charge in [0, 0.05) is 6.04 Å². The summed E-state index contributed by atoms with van der Waals surface area (Å²) in [6.45, 7) is 9.49. The fraction of sp³-hybridized carbons (Fsp3) is 1.00. The lowest BCUT2D eigenvalue weighted by Crippen LogP contribution is -2.47. The molecular formula is C11H24N2. The molecule has 2 nitrogen and oxygen atoms in total. The maximum atomic E-state index is 3.35. The average Bonchev–Trinajstić information content (AvgIpc) is 1.78. The first-order valence-electron chi connectivity index (χ1n) is 5.27. The molecule has 1 rings (SSSR count). The third-order valence-electron chi connectivity index (χ3n) is 2.90. The van der Waals surface area contributed by atoms with E-state index in [-0.39, 0.29) is 0 Å². The minimum Gasteiger partial charge on any atom is -0.261 e. The van der Waals surface area contributed by atoms with Gasteiger partial charge in [-0.15, -0.1) is 0 Å². The van der Waals surface area contributed by atoms with Gasteiger partial charge in [-0.05, 0) is 37.1 Å². The van der Waals surface area contributed by atoms with Crippen molar-refractivity contribution < 1.29 is 0 Å². The summed E-state index contributed by atoms with van der Waals surface area (Å²) in [5, 5.41) is 0. The number of hydrazine groups is 1. The number of hydrogen-bond acceptors (Lipinski definition) is 2. The highest BCUT2D eigenvalue weighted by molar-refractivity contribution is 4.91. The molecule has 0 amide bonds. The van der Waals surface area contributed by atoms with Crippen LogP contribution in [0.15, 0.2) is 0 Å². The lowest BCUT2D eigenvalue weighted by atomic mass is 9.64. The average molecular weight is 184 g/mol. The van der Waals surface area contributed by atoms with Crippen LogP contribution in [0.2, 0.25) is 0 Å². The molecule has 1 fully saturated rings. The molecule has 0 radical (unpaired) electrons. The topological polar surface area (TPSA) is 24.1 Å². The van der Waals surface area contributed by atoms with Gasteiger partial charge in [-0.3, -0.25) is 10.9 Å². The van der Waals surface area contributed by atoms with E-state index in [0.717, 1.165) is 0 Å². The van der Waals surface area contributed by atoms with Gasteiger partial charge in [-0.2, -0.15) is 0 Å². The van der Waals surface area contributed by atoms with Gasteiger partial charge in [0.1, 0.15) is 0 Å². The Bertz CT molecular complexity index is 157. The molecular weight excluding hydrogens is 160 g/mol. The molecule has 0 atom stereocenters. The lowest BCUT2D eigenvalue weighted by molar-refractivity contribution is 0.0806. The van der Waals surface area contributed by atoms with Crippen molar-refractivity contribution in [1.29, 1.82) is 0 Å². The molecule has 2 heteroatoms. The molecule has 1 saturated carbocycles. The summed E-state index contributed by atoms with van der Waals surface area (Å²) in [5.74, 6) is 0. The molecule has 13 heavy (non-hydrogen) atoms. The summed E-state index contributed by atoms with van der Waals surface area (Å²) in [5.41, 5.74) is 7.37. The Morgan fingerprint density at radius 1 is 1.00 bits per heavy atom. The van der Waals surface area contributed by atoms with Crippen LogP contribution >= 0.6 is 0 Å². The van der Waals surface area contributed by atoms with E-state index in [1.54, 1.807) is 0 Å². The van der Waals surface area contributed by atoms with Crippen molar-refractivity contribution in [1.82, 2.24) is 10.9 Å². The zero-order valence-electron chi connectivity index (χ0n) is 9.70. The van der Waals surface area contributed by atoms with Crippen molar-refractivity contribution in [3.63, 3.8) is 0 Å². The standard InChI is InChI=1S/C11H24N2/c1-10(2)6-9(13-12-5)7-11(3,4)8-10/h9,12-13H,6-8H2,1-5H3. The molecule has 1 aliphatic carbocycles. The van der Waals surface area contributed by atoms with Gasteiger partial charge in [-0.1, -0.05) is 27.7 Å². The highest BCUT2D eigenvalue weighted by atomic mass is 15.3. The van der Waals surface area contributed by atoms with Crippen molar-refractivity contribution in [2.24, 2.45) is 10.8 Å². The Morgan fingerprint density at radius 3 is 1.85 bits per heavy atom. The summed E-state index contributed by atoms with van der Waals surface area (Å²) in [7, 11) is 1.95. The first-order chi connectivity index (χ1) is 5.85. The predicted molar refractivity (Wildman–Crippen MR) is 57.4 cm³/mol. The van der Waals surface area contributed by atoms with Crippen LogP contribution in [0.3, 0.4) is 0 Å². The lowest BCUT2D eigenvalue weighted by Gasteiger charge is -2.45. The normalized spacial score (nSPS) is 27.5. The first kappa shape index (κ1) is 11.0. The Morgan fingerprint density at radius 2 is 1.46 bits per heavy atom. The van der Waals surface area contributed by atoms with Gasteiger partial charge >= 0.3 is 0 Å². The van der Waals surface area contributed by atoms with Gasteiger partial charge < -0.3 is 0 Å². The number of hydrogen-bond donors (Lipinski definition) is 2. The van der Waals surface area contributed by atoms with Gasteiger partial charge in [0.25, 0.3) is 0 Å². The second-order valence-electron chi connectivity index (χ2n) is 6.00. The van der Waals surface area contributed by atoms with Crippen LogP contribution in [0.5, 0.6) is 0 Å². The van der Waals surface area contributed by atoms with Crippen LogP contribution in [0.25, 0.3) is 0 Å². The SMILES string of the molecule is CNNC1CC(C)(C)CC(C)(C)C1. The van der Waals surface area contributed by atoms with E-state index in [9.17, 15) is 0 Å². The minimum absolute atomic E-state index is 0.482. The Kier molecular flexibility index (Phi) is 3.03. The molecule has 0 aromatic heterocycles. The predicted octanol–water partition coefficient (Wildman–Crippen LogP) is 2.32. The van der Waals surface area contributed by atoms with Crippen LogP contribution in [-0.4, -0.2) is 13.1 Å². The van der Waals surface area contributed by atoms with Crippen LogP contribution in [0.4, 0.5) is 0 Å². The van der Waals surface area contributed by atoms with Gasteiger partial charge in [0.2, 0.25) is 0 Å². The van der Waals surface area contributed by atoms with Gasteiger partial charge in [-0.25, -0.2) is 0 Å². The molecule has 2 N–H and O–H groups in total. The summed E-state index contributed by atoms with van der Waals surface area (Å²) in [4.78, 5) is 0. The fourth-order valence-electron chi connectivity index (χ4n) is 3.15. The van der Waals surface area contributed by atoms with E-state index in [4.69, 9.17) is 0 Å². The second-order valence-corrected chi connectivity index (χ2v) is 6.00. The smallest absolute Gasteiger partial charge is 0.0223 e. The van der Waals surface area contributed by atoms with Crippen molar-refractivity contribution in [3.05, 3.63) is 0 Å². The van der Waals surface area contributed by atoms with Crippen LogP contribution < -0.4 is 10.9 Å². The van der Waals surface area contributed by atoms with E-state index < -0.39 is 0 Å². The van der Waals surface area contributed by atoms with Crippen molar-refractivity contribution in [3.8, 4) is 0 Å². The summed E-state index contributed by atoms with van der Waals surface area (Å²) in [6, 6.07) is 0.628. The molecule has 0 bridgehead atoms. The zero-order valence-corrected chi connectivity index (χ0v) is 9.70. The van der Waals surface area contributed by atoms with Gasteiger partial charge in [0.15, 0.2) is 0 Å². The first-order valence-corrected chi connectivity index (χ1v) is 5.27. The van der Waals surface area contributed by atoms with Crippen molar-refractivity contribution in [2.45, 2.75) is 53.0 Å². The number of rotatable bonds is 2. The third kappa shape index (κ3) is 3.28. The van der Waals surface area contributed by atoms with E-state index in [1.165, 1.54) is 19.3 Å². The highest BCUT2D eigenvalue weighted by Crippen LogP contribution is 2.45. The van der Waals surface area contributed by atoms with E-state index in [0.29, 0.717) is 16.9 Å². The fourth-order valence-corrected chi connectivity index (χ4v) is 3.15. The molecule has 0 saturated heterocycles. The molecule has 0 spiro atoms. The second kappa shape index (κ2) is 3.58. The van der Waals surface area contributed by atoms with Crippen LogP contribution in [0, 0.1) is 10.8 Å². The molecule has 0 aromatic carbocycles. The van der Waals surface area contributed by atoms with Gasteiger partial charge in [0.05, 0.1) is 0 Å². The minimum atomic E-state index is 0.482. The Balaban J connectivity index is 2.61. The van der Waals surface area contributed by atoms with Crippen LogP contribution in [-0.2, 0) is 0 Å². The third-order valence-corrected chi connectivity index (χ3v) is 2.90. The summed E-state index contributed by atoms with van der Waals surface area (Å²) >= 11 is 0. The van der Waals surface area contributed by atoms with E-state index in [1.807, 2.05) is 7.05 Å². The molecule has 0 unspecified atom stereocenters. The quantitative estimate of drug-likeness (QED) is 0.644. The maximum Gasteiger partial charge on any atom is 0.0223 e. The van der Waals surface area contributed by atoms with Crippen molar-refractivity contribution >= 4 is 0 Å². The molecule has 1 aliphatic rings. The summed E-state index contributed by atoms with van der Waals surface area (Å²) < 4.78 is 0. The van der Waals surface area contributed by atoms with Crippen molar-refractivity contribution in [2.75, 3.05) is 7.05 Å². The molecule has 78 valence electrons. The van der Waals surface area contributed by atoms with E-state index in [2.05, 4.69) is 38.5 Å². The number of nitrogens with one attached hydrogen (secondary N) is 2. The molecule has 0 aliphatic heterocycles. The van der Waals surface area contributed by atoms with Crippen LogP contribution in [0.1, 0.15) is 47.0 Å². The Hall–Kier alpha value is -0.0800. The molecule has 0 aromatic rings. The maximum absolute atomic E-state index is 3.35. The Labute approximate surface area is 82.5 Å². The summed E-state index contributed by atoms with van der Waals surface area (Å²) in [6.07, 6.45) is 3.89. The molecule has 0 heterocycles. The highest BCUT2D eigenvalue weighted by Gasteiger charge is 2.37. The zero-order chi connectivity index (χ0) is 10.1. The largest absolute Gasteiger partial charge is 0.261 e.